The molecule has 0 saturated carbocycles. The highest BCUT2D eigenvalue weighted by atomic mass is 35.5. The summed E-state index contributed by atoms with van der Waals surface area (Å²) in [6, 6.07) is 11.3. The Morgan fingerprint density at radius 2 is 1.83 bits per heavy atom. The van der Waals surface area contributed by atoms with Gasteiger partial charge in [-0.1, -0.05) is 23.7 Å². The molecule has 1 aliphatic rings. The van der Waals surface area contributed by atoms with E-state index in [2.05, 4.69) is 0 Å². The van der Waals surface area contributed by atoms with Crippen LogP contribution in [0.1, 0.15) is 10.1 Å². The summed E-state index contributed by atoms with van der Waals surface area (Å²) in [4.78, 5) is 0.00281. The lowest BCUT2D eigenvalue weighted by Gasteiger charge is -2.14. The molecule has 0 atom stereocenters. The van der Waals surface area contributed by atoms with Crippen molar-refractivity contribution in [3.8, 4) is 11.5 Å². The third kappa shape index (κ3) is 3.96. The number of rotatable bonds is 5. The van der Waals surface area contributed by atoms with Crippen molar-refractivity contribution in [3.05, 3.63) is 53.1 Å². The van der Waals surface area contributed by atoms with Crippen molar-refractivity contribution in [2.45, 2.75) is 9.48 Å². The van der Waals surface area contributed by atoms with Crippen LogP contribution in [0.5, 0.6) is 11.5 Å². The van der Waals surface area contributed by atoms with Gasteiger partial charge in [0.15, 0.2) is 11.5 Å². The van der Waals surface area contributed by atoms with E-state index in [1.54, 1.807) is 18.2 Å². The van der Waals surface area contributed by atoms with Crippen LogP contribution in [-0.4, -0.2) is 27.0 Å². The van der Waals surface area contributed by atoms with Crippen molar-refractivity contribution < 1.29 is 17.3 Å². The van der Waals surface area contributed by atoms with E-state index in [4.69, 9.17) is 20.5 Å². The zero-order valence-corrected chi connectivity index (χ0v) is 16.0. The lowest BCUT2D eigenvalue weighted by Crippen LogP contribution is -2.10. The summed E-state index contributed by atoms with van der Waals surface area (Å²) in [5.41, 5.74) is 1.09. The maximum atomic E-state index is 12.4. The van der Waals surface area contributed by atoms with Gasteiger partial charge < -0.3 is 8.92 Å². The molecule has 8 heteroatoms. The predicted molar refractivity (Wildman–Crippen MR) is 99.9 cm³/mol. The first-order valence-electron chi connectivity index (χ1n) is 7.11. The van der Waals surface area contributed by atoms with E-state index < -0.39 is 10.1 Å². The van der Waals surface area contributed by atoms with Crippen molar-refractivity contribution in [2.24, 2.45) is 0 Å². The van der Waals surface area contributed by atoms with Gasteiger partial charge in [-0.3, -0.25) is 0 Å². The molecular weight excluding hydrogens is 388 g/mol. The van der Waals surface area contributed by atoms with E-state index in [1.807, 2.05) is 35.7 Å². The molecule has 1 heterocycles. The van der Waals surface area contributed by atoms with Crippen molar-refractivity contribution in [1.82, 2.24) is 0 Å². The molecule has 0 bridgehead atoms. The standard InChI is InChI=1S/C16H15ClO4S3/c1-20-15-9-11(16-22-7-8-23-16)5-6-14(15)21-24(18,19)13-4-2-3-12(17)10-13/h2-6,9-10,16H,7-8H2,1H3. The molecule has 1 saturated heterocycles. The van der Waals surface area contributed by atoms with Crippen LogP contribution in [0, 0.1) is 0 Å². The number of hydrogen-bond donors (Lipinski definition) is 0. The van der Waals surface area contributed by atoms with Gasteiger partial charge in [0.05, 0.1) is 11.7 Å². The van der Waals surface area contributed by atoms with Crippen molar-refractivity contribution in [1.29, 1.82) is 0 Å². The average Bonchev–Trinajstić information content (AvgIpc) is 3.09. The summed E-state index contributed by atoms with van der Waals surface area (Å²) in [7, 11) is -2.48. The summed E-state index contributed by atoms with van der Waals surface area (Å²) in [5, 5.41) is 0.331. The number of benzene rings is 2. The summed E-state index contributed by atoms with van der Waals surface area (Å²) in [6.45, 7) is 0. The molecule has 1 aliphatic heterocycles. The minimum absolute atomic E-state index is 0.00281. The Morgan fingerprint density at radius 1 is 1.08 bits per heavy atom. The quantitative estimate of drug-likeness (QED) is 0.681. The third-order valence-corrected chi connectivity index (χ3v) is 7.94. The number of halogens is 1. The van der Waals surface area contributed by atoms with Crippen molar-refractivity contribution in [3.63, 3.8) is 0 Å². The number of thioether (sulfide) groups is 2. The zero-order chi connectivity index (χ0) is 17.2. The maximum Gasteiger partial charge on any atom is 0.339 e. The van der Waals surface area contributed by atoms with E-state index in [9.17, 15) is 8.42 Å². The highest BCUT2D eigenvalue weighted by Gasteiger charge is 2.23. The molecule has 0 spiro atoms. The van der Waals surface area contributed by atoms with Gasteiger partial charge in [0, 0.05) is 16.5 Å². The van der Waals surface area contributed by atoms with Gasteiger partial charge in [-0.2, -0.15) is 8.42 Å². The molecule has 4 nitrogen and oxygen atoms in total. The minimum Gasteiger partial charge on any atom is -0.493 e. The van der Waals surface area contributed by atoms with Gasteiger partial charge in [-0.25, -0.2) is 0 Å². The average molecular weight is 403 g/mol. The molecule has 0 unspecified atom stereocenters. The first kappa shape index (κ1) is 17.8. The maximum absolute atomic E-state index is 12.4. The first-order valence-corrected chi connectivity index (χ1v) is 11.0. The molecule has 24 heavy (non-hydrogen) atoms. The van der Waals surface area contributed by atoms with Gasteiger partial charge in [0.2, 0.25) is 0 Å². The molecule has 0 radical (unpaired) electrons. The van der Waals surface area contributed by atoms with Crippen LogP contribution in [0.4, 0.5) is 0 Å². The Morgan fingerprint density at radius 3 is 2.50 bits per heavy atom. The molecule has 1 fully saturated rings. The van der Waals surface area contributed by atoms with Crippen molar-refractivity contribution in [2.75, 3.05) is 18.6 Å². The van der Waals surface area contributed by atoms with Crippen LogP contribution in [-0.2, 0) is 10.1 Å². The van der Waals surface area contributed by atoms with Crippen LogP contribution in [0.25, 0.3) is 0 Å². The second-order valence-corrected chi connectivity index (χ2v) is 9.69. The van der Waals surface area contributed by atoms with E-state index in [1.165, 1.54) is 19.2 Å². The molecule has 3 rings (SSSR count). The molecule has 2 aromatic rings. The van der Waals surface area contributed by atoms with Gasteiger partial charge in [0.1, 0.15) is 4.90 Å². The number of methoxy groups -OCH3 is 1. The van der Waals surface area contributed by atoms with Gasteiger partial charge >= 0.3 is 10.1 Å². The second kappa shape index (κ2) is 7.47. The van der Waals surface area contributed by atoms with Crippen LogP contribution in [0.2, 0.25) is 5.02 Å². The Labute approximate surface area is 155 Å². The highest BCUT2D eigenvalue weighted by Crippen LogP contribution is 2.47. The highest BCUT2D eigenvalue weighted by molar-refractivity contribution is 8.19. The fourth-order valence-electron chi connectivity index (χ4n) is 2.24. The second-order valence-electron chi connectivity index (χ2n) is 4.98. The fraction of sp³-hybridized carbons (Fsp3) is 0.250. The fourth-order valence-corrected chi connectivity index (χ4v) is 6.32. The SMILES string of the molecule is COc1cc(C2SCCS2)ccc1OS(=O)(=O)c1cccc(Cl)c1. The number of ether oxygens (including phenoxy) is 1. The molecule has 128 valence electrons. The predicted octanol–water partition coefficient (Wildman–Crippen LogP) is 4.59. The lowest BCUT2D eigenvalue weighted by molar-refractivity contribution is 0.390. The van der Waals surface area contributed by atoms with E-state index in [0.29, 0.717) is 15.4 Å². The summed E-state index contributed by atoms with van der Waals surface area (Å²) >= 11 is 9.59. The third-order valence-electron chi connectivity index (χ3n) is 3.37. The first-order chi connectivity index (χ1) is 11.5. The molecule has 0 aromatic heterocycles. The Kier molecular flexibility index (Phi) is 5.54. The molecular formula is C16H15ClO4S3. The van der Waals surface area contributed by atoms with Crippen molar-refractivity contribution >= 4 is 45.2 Å². The molecule has 0 N–H and O–H groups in total. The van der Waals surface area contributed by atoms with E-state index >= 15 is 0 Å². The summed E-state index contributed by atoms with van der Waals surface area (Å²) < 4.78 is 35.8. The van der Waals surface area contributed by atoms with E-state index in [-0.39, 0.29) is 10.6 Å². The minimum atomic E-state index is -3.98. The number of hydrogen-bond acceptors (Lipinski definition) is 6. The van der Waals surface area contributed by atoms with Gasteiger partial charge in [0.25, 0.3) is 0 Å². The van der Waals surface area contributed by atoms with Crippen LogP contribution in [0.15, 0.2) is 47.4 Å². The van der Waals surface area contributed by atoms with Crippen LogP contribution < -0.4 is 8.92 Å². The lowest BCUT2D eigenvalue weighted by atomic mass is 10.2. The smallest absolute Gasteiger partial charge is 0.339 e. The normalized spacial score (nSPS) is 15.4. The molecule has 0 amide bonds. The van der Waals surface area contributed by atoms with Gasteiger partial charge in [-0.15, -0.1) is 23.5 Å². The zero-order valence-electron chi connectivity index (χ0n) is 12.8. The Hall–Kier alpha value is -1.02. The summed E-state index contributed by atoms with van der Waals surface area (Å²) in [6.07, 6.45) is 0. The monoisotopic (exact) mass is 402 g/mol. The topological polar surface area (TPSA) is 52.6 Å². The van der Waals surface area contributed by atoms with Gasteiger partial charge in [-0.05, 0) is 35.9 Å². The molecule has 0 aliphatic carbocycles. The Balaban J connectivity index is 1.89. The van der Waals surface area contributed by atoms with Crippen LogP contribution in [0.3, 0.4) is 0 Å². The summed E-state index contributed by atoms with van der Waals surface area (Å²) in [5.74, 6) is 2.78. The molecule has 2 aromatic carbocycles. The Bertz CT molecular complexity index is 833. The van der Waals surface area contributed by atoms with Crippen LogP contribution >= 0.6 is 35.1 Å². The van der Waals surface area contributed by atoms with E-state index in [0.717, 1.165) is 17.1 Å². The largest absolute Gasteiger partial charge is 0.493 e.